The molecule has 0 aromatic heterocycles. The lowest BCUT2D eigenvalue weighted by Gasteiger charge is -2.21. The number of benzene rings is 1. The summed E-state index contributed by atoms with van der Waals surface area (Å²) in [5.74, 6) is -3.17. The van der Waals surface area contributed by atoms with E-state index in [1.54, 1.807) is 20.0 Å². The standard InChI is InChI=1S/C12H17F2NO/c1-8-10(9(2)15-3)5-4-6-11(8)12(13,14)7-16/h4-6,9,15-16H,7H2,1-3H3. The summed E-state index contributed by atoms with van der Waals surface area (Å²) in [6, 6.07) is 4.77. The zero-order chi connectivity index (χ0) is 12.3. The van der Waals surface area contributed by atoms with Crippen molar-refractivity contribution in [2.45, 2.75) is 25.8 Å². The first-order valence-electron chi connectivity index (χ1n) is 5.20. The molecular weight excluding hydrogens is 212 g/mol. The van der Waals surface area contributed by atoms with Gasteiger partial charge in [-0.25, -0.2) is 0 Å². The number of halogens is 2. The minimum atomic E-state index is -3.17. The van der Waals surface area contributed by atoms with Crippen molar-refractivity contribution in [1.82, 2.24) is 5.32 Å². The van der Waals surface area contributed by atoms with Crippen molar-refractivity contribution in [2.75, 3.05) is 13.7 Å². The summed E-state index contributed by atoms with van der Waals surface area (Å²) in [5.41, 5.74) is 1.26. The van der Waals surface area contributed by atoms with Crippen molar-refractivity contribution in [3.63, 3.8) is 0 Å². The number of nitrogens with one attached hydrogen (secondary N) is 1. The van der Waals surface area contributed by atoms with Crippen LogP contribution in [0.5, 0.6) is 0 Å². The molecule has 1 aromatic rings. The maximum Gasteiger partial charge on any atom is 0.296 e. The molecule has 0 spiro atoms. The maximum absolute atomic E-state index is 13.4. The molecule has 0 saturated heterocycles. The molecule has 0 bridgehead atoms. The zero-order valence-electron chi connectivity index (χ0n) is 9.72. The van der Waals surface area contributed by atoms with Crippen LogP contribution < -0.4 is 5.32 Å². The lowest BCUT2D eigenvalue weighted by molar-refractivity contribution is -0.0561. The molecule has 0 aliphatic rings. The Bertz CT molecular complexity index is 366. The van der Waals surface area contributed by atoms with E-state index < -0.39 is 12.5 Å². The maximum atomic E-state index is 13.4. The third-order valence-corrected chi connectivity index (χ3v) is 2.87. The highest BCUT2D eigenvalue weighted by atomic mass is 19.3. The Kier molecular flexibility index (Phi) is 3.99. The van der Waals surface area contributed by atoms with Gasteiger partial charge in [0.15, 0.2) is 0 Å². The molecule has 2 N–H and O–H groups in total. The monoisotopic (exact) mass is 229 g/mol. The molecule has 1 rings (SSSR count). The van der Waals surface area contributed by atoms with Gasteiger partial charge in [-0.3, -0.25) is 0 Å². The summed E-state index contributed by atoms with van der Waals surface area (Å²) in [6.07, 6.45) is 0. The van der Waals surface area contributed by atoms with Crippen LogP contribution in [0.25, 0.3) is 0 Å². The molecule has 16 heavy (non-hydrogen) atoms. The summed E-state index contributed by atoms with van der Waals surface area (Å²) < 4.78 is 26.8. The normalized spacial score (nSPS) is 13.9. The quantitative estimate of drug-likeness (QED) is 0.830. The molecule has 0 heterocycles. The van der Waals surface area contributed by atoms with Crippen LogP contribution in [0.3, 0.4) is 0 Å². The first-order chi connectivity index (χ1) is 7.44. The molecule has 0 saturated carbocycles. The van der Waals surface area contributed by atoms with Gasteiger partial charge in [0, 0.05) is 11.6 Å². The van der Waals surface area contributed by atoms with E-state index in [1.807, 2.05) is 13.0 Å². The van der Waals surface area contributed by atoms with Gasteiger partial charge in [-0.1, -0.05) is 18.2 Å². The van der Waals surface area contributed by atoms with Crippen LogP contribution in [0.1, 0.15) is 29.7 Å². The molecule has 0 fully saturated rings. The zero-order valence-corrected chi connectivity index (χ0v) is 9.72. The fraction of sp³-hybridized carbons (Fsp3) is 0.500. The van der Waals surface area contributed by atoms with Crippen LogP contribution in [0.2, 0.25) is 0 Å². The number of aliphatic hydroxyl groups excluding tert-OH is 1. The molecule has 1 unspecified atom stereocenters. The van der Waals surface area contributed by atoms with E-state index in [9.17, 15) is 8.78 Å². The second-order valence-electron chi connectivity index (χ2n) is 3.89. The second kappa shape index (κ2) is 4.89. The summed E-state index contributed by atoms with van der Waals surface area (Å²) in [7, 11) is 1.78. The number of rotatable bonds is 4. The van der Waals surface area contributed by atoms with E-state index in [0.717, 1.165) is 5.56 Å². The van der Waals surface area contributed by atoms with Gasteiger partial charge < -0.3 is 10.4 Å². The van der Waals surface area contributed by atoms with Gasteiger partial charge in [0.1, 0.15) is 6.61 Å². The Morgan fingerprint density at radius 2 is 2.06 bits per heavy atom. The van der Waals surface area contributed by atoms with E-state index in [1.165, 1.54) is 6.07 Å². The van der Waals surface area contributed by atoms with Crippen molar-refractivity contribution < 1.29 is 13.9 Å². The fourth-order valence-corrected chi connectivity index (χ4v) is 1.76. The summed E-state index contributed by atoms with van der Waals surface area (Å²) in [4.78, 5) is 0. The fourth-order valence-electron chi connectivity index (χ4n) is 1.76. The largest absolute Gasteiger partial charge is 0.390 e. The van der Waals surface area contributed by atoms with E-state index in [0.29, 0.717) is 5.56 Å². The van der Waals surface area contributed by atoms with E-state index in [-0.39, 0.29) is 11.6 Å². The Hall–Kier alpha value is -1.00. The van der Waals surface area contributed by atoms with E-state index in [2.05, 4.69) is 5.32 Å². The van der Waals surface area contributed by atoms with E-state index in [4.69, 9.17) is 5.11 Å². The molecule has 0 aliphatic carbocycles. The third-order valence-electron chi connectivity index (χ3n) is 2.87. The van der Waals surface area contributed by atoms with Crippen LogP contribution in [-0.4, -0.2) is 18.8 Å². The predicted molar refractivity (Wildman–Crippen MR) is 59.6 cm³/mol. The molecule has 4 heteroatoms. The highest BCUT2D eigenvalue weighted by Crippen LogP contribution is 2.32. The van der Waals surface area contributed by atoms with E-state index >= 15 is 0 Å². The van der Waals surface area contributed by atoms with Crippen molar-refractivity contribution in [1.29, 1.82) is 0 Å². The minimum Gasteiger partial charge on any atom is -0.390 e. The van der Waals surface area contributed by atoms with Crippen LogP contribution in [0, 0.1) is 6.92 Å². The highest BCUT2D eigenvalue weighted by molar-refractivity contribution is 5.38. The molecule has 2 nitrogen and oxygen atoms in total. The predicted octanol–water partition coefficient (Wildman–Crippen LogP) is 2.36. The van der Waals surface area contributed by atoms with Gasteiger partial charge in [0.05, 0.1) is 0 Å². The average molecular weight is 229 g/mol. The van der Waals surface area contributed by atoms with Crippen LogP contribution >= 0.6 is 0 Å². The number of alkyl halides is 2. The SMILES string of the molecule is CNC(C)c1cccc(C(F)(F)CO)c1C. The molecule has 0 radical (unpaired) electrons. The average Bonchev–Trinajstić information content (AvgIpc) is 2.28. The van der Waals surface area contributed by atoms with Gasteiger partial charge in [0.2, 0.25) is 0 Å². The topological polar surface area (TPSA) is 32.3 Å². The first-order valence-corrected chi connectivity index (χ1v) is 5.20. The van der Waals surface area contributed by atoms with Crippen LogP contribution in [-0.2, 0) is 5.92 Å². The van der Waals surface area contributed by atoms with Crippen molar-refractivity contribution in [3.05, 3.63) is 34.9 Å². The highest BCUT2D eigenvalue weighted by Gasteiger charge is 2.32. The van der Waals surface area contributed by atoms with Gasteiger partial charge in [-0.2, -0.15) is 8.78 Å². The lowest BCUT2D eigenvalue weighted by Crippen LogP contribution is -2.22. The van der Waals surface area contributed by atoms with Crippen molar-refractivity contribution in [3.8, 4) is 0 Å². The Morgan fingerprint density at radius 3 is 2.56 bits per heavy atom. The first kappa shape index (κ1) is 13.1. The lowest BCUT2D eigenvalue weighted by atomic mass is 9.94. The molecule has 0 amide bonds. The van der Waals surface area contributed by atoms with Crippen molar-refractivity contribution >= 4 is 0 Å². The van der Waals surface area contributed by atoms with Crippen LogP contribution in [0.4, 0.5) is 8.78 Å². The number of hydrogen-bond acceptors (Lipinski definition) is 2. The molecule has 1 atom stereocenters. The van der Waals surface area contributed by atoms with Crippen molar-refractivity contribution in [2.24, 2.45) is 0 Å². The number of hydrogen-bond donors (Lipinski definition) is 2. The summed E-state index contributed by atoms with van der Waals surface area (Å²) in [5, 5.41) is 11.7. The molecule has 1 aromatic carbocycles. The third kappa shape index (κ3) is 2.39. The van der Waals surface area contributed by atoms with Gasteiger partial charge in [0.25, 0.3) is 5.92 Å². The number of aliphatic hydroxyl groups is 1. The van der Waals surface area contributed by atoms with Gasteiger partial charge in [-0.05, 0) is 32.0 Å². The Balaban J connectivity index is 3.24. The second-order valence-corrected chi connectivity index (χ2v) is 3.89. The van der Waals surface area contributed by atoms with Gasteiger partial charge >= 0.3 is 0 Å². The summed E-state index contributed by atoms with van der Waals surface area (Å²) >= 11 is 0. The molecule has 0 aliphatic heterocycles. The minimum absolute atomic E-state index is 0.00874. The van der Waals surface area contributed by atoms with Gasteiger partial charge in [-0.15, -0.1) is 0 Å². The van der Waals surface area contributed by atoms with Crippen LogP contribution in [0.15, 0.2) is 18.2 Å². The Morgan fingerprint density at radius 1 is 1.44 bits per heavy atom. The molecular formula is C12H17F2NO. The Labute approximate surface area is 94.3 Å². The smallest absolute Gasteiger partial charge is 0.296 e. The summed E-state index contributed by atoms with van der Waals surface area (Å²) in [6.45, 7) is 2.40. The molecule has 90 valence electrons.